The Hall–Kier alpha value is -5.28. The van der Waals surface area contributed by atoms with Gasteiger partial charge in [-0.2, -0.15) is 0 Å². The van der Waals surface area contributed by atoms with E-state index in [2.05, 4.69) is 74.8 Å². The van der Waals surface area contributed by atoms with Crippen molar-refractivity contribution in [2.75, 3.05) is 23.5 Å². The van der Waals surface area contributed by atoms with E-state index in [0.29, 0.717) is 23.9 Å². The standard InChI is InChI=1S/C33H25N5O/c1-22-9-8-14-33(35-22)38-29-11-5-4-10-27(29)28-16-15-25(20-32(28)38)39-26-18-23(34-2)17-24(19-26)37-21-36(3)30-12-6-7-13-31(30)37/h4-20H,21H2,1,3H3. The van der Waals surface area contributed by atoms with Gasteiger partial charge in [0, 0.05) is 41.3 Å². The molecule has 0 saturated carbocycles. The Balaban J connectivity index is 1.33. The van der Waals surface area contributed by atoms with E-state index in [-0.39, 0.29) is 0 Å². The van der Waals surface area contributed by atoms with Gasteiger partial charge in [-0.3, -0.25) is 4.57 Å². The van der Waals surface area contributed by atoms with Crippen molar-refractivity contribution in [2.45, 2.75) is 6.92 Å². The molecule has 1 aliphatic rings. The lowest BCUT2D eigenvalue weighted by atomic mass is 10.1. The van der Waals surface area contributed by atoms with Crippen LogP contribution in [0.2, 0.25) is 0 Å². The summed E-state index contributed by atoms with van der Waals surface area (Å²) in [6.07, 6.45) is 0. The molecule has 0 radical (unpaired) electrons. The summed E-state index contributed by atoms with van der Waals surface area (Å²) >= 11 is 0. The van der Waals surface area contributed by atoms with Crippen LogP contribution in [-0.4, -0.2) is 23.3 Å². The second-order valence-corrected chi connectivity index (χ2v) is 9.82. The molecule has 0 unspecified atom stereocenters. The molecule has 6 nitrogen and oxygen atoms in total. The van der Waals surface area contributed by atoms with Crippen LogP contribution in [0.1, 0.15) is 5.69 Å². The highest BCUT2D eigenvalue weighted by Gasteiger charge is 2.24. The van der Waals surface area contributed by atoms with E-state index in [1.807, 2.05) is 55.5 Å². The first-order chi connectivity index (χ1) is 19.1. The average molecular weight is 508 g/mol. The van der Waals surface area contributed by atoms with Crippen molar-refractivity contribution >= 4 is 44.6 Å². The van der Waals surface area contributed by atoms with Crippen molar-refractivity contribution in [3.8, 4) is 17.3 Å². The Labute approximate surface area is 226 Å². The lowest BCUT2D eigenvalue weighted by Gasteiger charge is -2.21. The van der Waals surface area contributed by atoms with Crippen molar-refractivity contribution < 1.29 is 4.74 Å². The van der Waals surface area contributed by atoms with E-state index < -0.39 is 0 Å². The Morgan fingerprint density at radius 2 is 1.56 bits per heavy atom. The van der Waals surface area contributed by atoms with Crippen molar-refractivity contribution in [3.05, 3.63) is 120 Å². The van der Waals surface area contributed by atoms with Crippen LogP contribution in [-0.2, 0) is 0 Å². The van der Waals surface area contributed by atoms with Crippen LogP contribution in [0.25, 0.3) is 32.5 Å². The molecule has 0 fully saturated rings. The van der Waals surface area contributed by atoms with Crippen molar-refractivity contribution in [2.24, 2.45) is 0 Å². The van der Waals surface area contributed by atoms with Crippen LogP contribution < -0.4 is 14.5 Å². The summed E-state index contributed by atoms with van der Waals surface area (Å²) < 4.78 is 8.62. The molecule has 1 aliphatic heterocycles. The zero-order chi connectivity index (χ0) is 26.5. The predicted molar refractivity (Wildman–Crippen MR) is 158 cm³/mol. The third-order valence-electron chi connectivity index (χ3n) is 7.24. The maximum atomic E-state index is 7.71. The minimum Gasteiger partial charge on any atom is -0.459 e. The number of aryl methyl sites for hydroxylation is 1. The fraction of sp³-hybridized carbons (Fsp3) is 0.0909. The Morgan fingerprint density at radius 1 is 0.769 bits per heavy atom. The largest absolute Gasteiger partial charge is 0.459 e. The topological polar surface area (TPSA) is 37.9 Å². The Bertz CT molecular complexity index is 1930. The van der Waals surface area contributed by atoms with E-state index in [1.165, 1.54) is 0 Å². The van der Waals surface area contributed by atoms with Gasteiger partial charge >= 0.3 is 0 Å². The summed E-state index contributed by atoms with van der Waals surface area (Å²) in [5.74, 6) is 2.19. The number of benzene rings is 4. The van der Waals surface area contributed by atoms with Gasteiger partial charge in [0.1, 0.15) is 17.3 Å². The van der Waals surface area contributed by atoms with Gasteiger partial charge in [-0.05, 0) is 61.5 Å². The molecule has 6 aromatic rings. The minimum atomic E-state index is 0.536. The van der Waals surface area contributed by atoms with Gasteiger partial charge in [0.25, 0.3) is 0 Å². The third kappa shape index (κ3) is 3.84. The van der Waals surface area contributed by atoms with Gasteiger partial charge in [0.2, 0.25) is 0 Å². The lowest BCUT2D eigenvalue weighted by molar-refractivity contribution is 0.483. The minimum absolute atomic E-state index is 0.536. The van der Waals surface area contributed by atoms with Crippen LogP contribution in [0.15, 0.2) is 103 Å². The second-order valence-electron chi connectivity index (χ2n) is 9.82. The zero-order valence-electron chi connectivity index (χ0n) is 21.7. The van der Waals surface area contributed by atoms with Gasteiger partial charge < -0.3 is 14.5 Å². The molecular formula is C33H25N5O. The number of hydrogen-bond donors (Lipinski definition) is 0. The van der Waals surface area contributed by atoms with E-state index in [4.69, 9.17) is 16.3 Å². The number of rotatable bonds is 4. The summed E-state index contributed by atoms with van der Waals surface area (Å²) in [5, 5.41) is 2.30. The summed E-state index contributed by atoms with van der Waals surface area (Å²) in [7, 11) is 2.08. The number of hydrogen-bond acceptors (Lipinski definition) is 4. The Morgan fingerprint density at radius 3 is 2.41 bits per heavy atom. The number of nitrogens with zero attached hydrogens (tertiary/aromatic N) is 5. The monoisotopic (exact) mass is 507 g/mol. The van der Waals surface area contributed by atoms with Crippen molar-refractivity contribution in [1.29, 1.82) is 0 Å². The SMILES string of the molecule is [C-]#[N+]c1cc(Oc2ccc3c4ccccc4n(-c4cccc(C)n4)c3c2)cc(N2CN(C)c3ccccc32)c1. The quantitative estimate of drug-likeness (QED) is 0.225. The fourth-order valence-electron chi connectivity index (χ4n) is 5.50. The molecule has 0 atom stereocenters. The maximum Gasteiger partial charge on any atom is 0.192 e. The summed E-state index contributed by atoms with van der Waals surface area (Å²) in [6.45, 7) is 10.4. The first kappa shape index (κ1) is 22.9. The summed E-state index contributed by atoms with van der Waals surface area (Å²) in [4.78, 5) is 13.0. The molecule has 2 aromatic heterocycles. The fourth-order valence-corrected chi connectivity index (χ4v) is 5.50. The maximum absolute atomic E-state index is 7.71. The van der Waals surface area contributed by atoms with Gasteiger partial charge in [0.05, 0.1) is 35.6 Å². The molecule has 188 valence electrons. The van der Waals surface area contributed by atoms with Crippen LogP contribution in [0.5, 0.6) is 11.5 Å². The van der Waals surface area contributed by atoms with Crippen LogP contribution in [0.4, 0.5) is 22.7 Å². The molecule has 4 aromatic carbocycles. The molecular weight excluding hydrogens is 482 g/mol. The van der Waals surface area contributed by atoms with Gasteiger partial charge in [0.15, 0.2) is 5.69 Å². The number of fused-ring (bicyclic) bond motifs is 4. The molecule has 0 amide bonds. The van der Waals surface area contributed by atoms with E-state index in [1.54, 1.807) is 6.07 Å². The zero-order valence-corrected chi connectivity index (χ0v) is 21.7. The number of aromatic nitrogens is 2. The predicted octanol–water partition coefficient (Wildman–Crippen LogP) is 8.38. The number of pyridine rings is 1. The van der Waals surface area contributed by atoms with Crippen molar-refractivity contribution in [3.63, 3.8) is 0 Å². The molecule has 0 bridgehead atoms. The molecule has 39 heavy (non-hydrogen) atoms. The first-order valence-corrected chi connectivity index (χ1v) is 12.8. The first-order valence-electron chi connectivity index (χ1n) is 12.8. The molecule has 7 rings (SSSR count). The highest BCUT2D eigenvalue weighted by atomic mass is 16.5. The normalized spacial score (nSPS) is 12.6. The van der Waals surface area contributed by atoms with E-state index >= 15 is 0 Å². The van der Waals surface area contributed by atoms with E-state index in [0.717, 1.165) is 50.4 Å². The number of anilines is 3. The lowest BCUT2D eigenvalue weighted by Crippen LogP contribution is -2.23. The van der Waals surface area contributed by atoms with Crippen LogP contribution >= 0.6 is 0 Å². The van der Waals surface area contributed by atoms with Gasteiger partial charge in [-0.25, -0.2) is 9.83 Å². The Kier molecular flexibility index (Phi) is 5.24. The van der Waals surface area contributed by atoms with Crippen molar-refractivity contribution in [1.82, 2.24) is 9.55 Å². The smallest absolute Gasteiger partial charge is 0.192 e. The molecule has 3 heterocycles. The summed E-state index contributed by atoms with van der Waals surface area (Å²) in [5.41, 5.74) is 6.81. The average Bonchev–Trinajstić information content (AvgIpc) is 3.47. The van der Waals surface area contributed by atoms with Gasteiger partial charge in [-0.1, -0.05) is 36.4 Å². The molecule has 6 heteroatoms. The molecule has 0 aliphatic carbocycles. The molecule has 0 spiro atoms. The third-order valence-corrected chi connectivity index (χ3v) is 7.24. The highest BCUT2D eigenvalue weighted by molar-refractivity contribution is 6.09. The van der Waals surface area contributed by atoms with E-state index in [9.17, 15) is 0 Å². The molecule has 0 saturated heterocycles. The van der Waals surface area contributed by atoms with Gasteiger partial charge in [-0.15, -0.1) is 0 Å². The van der Waals surface area contributed by atoms with Crippen LogP contribution in [0.3, 0.4) is 0 Å². The second kappa shape index (κ2) is 8.93. The van der Waals surface area contributed by atoms with Crippen LogP contribution in [0, 0.1) is 13.5 Å². The molecule has 0 N–H and O–H groups in total. The summed E-state index contributed by atoms with van der Waals surface area (Å²) in [6, 6.07) is 34.6. The highest BCUT2D eigenvalue weighted by Crippen LogP contribution is 2.43. The number of para-hydroxylation sites is 3. The number of ether oxygens (including phenoxy) is 1.